The Balaban J connectivity index is 1.44. The maximum atomic E-state index is 12.6. The van der Waals surface area contributed by atoms with Gasteiger partial charge in [0.15, 0.2) is 5.75 Å². The molecule has 1 saturated heterocycles. The number of sulfonamides is 1. The van der Waals surface area contributed by atoms with Crippen molar-refractivity contribution in [3.63, 3.8) is 0 Å². The molecule has 29 heavy (non-hydrogen) atoms. The van der Waals surface area contributed by atoms with Gasteiger partial charge in [-0.05, 0) is 37.1 Å². The quantitative estimate of drug-likeness (QED) is 0.466. The van der Waals surface area contributed by atoms with Gasteiger partial charge in [-0.25, -0.2) is 8.42 Å². The van der Waals surface area contributed by atoms with Gasteiger partial charge < -0.3 is 9.47 Å². The molecule has 0 spiro atoms. The molecule has 0 N–H and O–H groups in total. The lowest BCUT2D eigenvalue weighted by atomic mass is 9.98. The first-order valence-corrected chi connectivity index (χ1v) is 11.2. The van der Waals surface area contributed by atoms with Gasteiger partial charge >= 0.3 is 5.97 Å². The highest BCUT2D eigenvalue weighted by Crippen LogP contribution is 2.32. The van der Waals surface area contributed by atoms with Crippen LogP contribution >= 0.6 is 23.2 Å². The van der Waals surface area contributed by atoms with Crippen molar-refractivity contribution in [1.82, 2.24) is 9.29 Å². The number of hydrogen-bond donors (Lipinski definition) is 0. The van der Waals surface area contributed by atoms with Gasteiger partial charge in [0.2, 0.25) is 10.0 Å². The third-order valence-electron chi connectivity index (χ3n) is 4.55. The number of piperidine rings is 1. The minimum atomic E-state index is -3.60. The van der Waals surface area contributed by atoms with Crippen molar-refractivity contribution in [2.24, 2.45) is 5.92 Å². The Morgan fingerprint density at radius 2 is 1.79 bits per heavy atom. The number of halogens is 2. The smallest absolute Gasteiger partial charge is 0.309 e. The summed E-state index contributed by atoms with van der Waals surface area (Å²) >= 11 is 12.0. The molecule has 1 fully saturated rings. The van der Waals surface area contributed by atoms with Crippen molar-refractivity contribution >= 4 is 39.2 Å². The first-order valence-electron chi connectivity index (χ1n) is 9.03. The summed E-state index contributed by atoms with van der Waals surface area (Å²) in [6, 6.07) is 8.10. The zero-order valence-corrected chi connectivity index (χ0v) is 17.8. The van der Waals surface area contributed by atoms with Crippen LogP contribution in [0.4, 0.5) is 0 Å². The third kappa shape index (κ3) is 5.39. The molecular formula is C19H20Cl2N2O5S. The van der Waals surface area contributed by atoms with E-state index in [4.69, 9.17) is 32.7 Å². The Kier molecular flexibility index (Phi) is 7.34. The molecule has 10 heteroatoms. The van der Waals surface area contributed by atoms with Gasteiger partial charge in [-0.2, -0.15) is 4.31 Å². The van der Waals surface area contributed by atoms with Crippen LogP contribution in [0.3, 0.4) is 0 Å². The van der Waals surface area contributed by atoms with Gasteiger partial charge in [0.05, 0.1) is 16.0 Å². The second-order valence-electron chi connectivity index (χ2n) is 6.43. The van der Waals surface area contributed by atoms with Gasteiger partial charge in [0, 0.05) is 25.5 Å². The van der Waals surface area contributed by atoms with Crippen molar-refractivity contribution in [3.8, 4) is 5.75 Å². The number of carbonyl (C=O) groups excluding carboxylic acids is 1. The fraction of sp³-hybridized carbons (Fsp3) is 0.368. The Hall–Kier alpha value is -1.87. The second kappa shape index (κ2) is 9.75. The van der Waals surface area contributed by atoms with E-state index in [9.17, 15) is 13.2 Å². The van der Waals surface area contributed by atoms with Gasteiger partial charge in [0.1, 0.15) is 18.1 Å². The van der Waals surface area contributed by atoms with Gasteiger partial charge in [-0.1, -0.05) is 29.3 Å². The Morgan fingerprint density at radius 3 is 2.41 bits per heavy atom. The largest absolute Gasteiger partial charge is 0.487 e. The Bertz CT molecular complexity index is 928. The van der Waals surface area contributed by atoms with Crippen LogP contribution < -0.4 is 4.74 Å². The van der Waals surface area contributed by atoms with Gasteiger partial charge in [-0.15, -0.1) is 0 Å². The molecule has 0 aliphatic carbocycles. The average Bonchev–Trinajstić information content (AvgIpc) is 2.73. The molecule has 0 unspecified atom stereocenters. The van der Waals surface area contributed by atoms with Crippen LogP contribution in [0.15, 0.2) is 47.6 Å². The number of pyridine rings is 1. The van der Waals surface area contributed by atoms with E-state index in [1.165, 1.54) is 22.8 Å². The maximum Gasteiger partial charge on any atom is 0.309 e. The summed E-state index contributed by atoms with van der Waals surface area (Å²) in [7, 11) is -3.60. The third-order valence-corrected chi connectivity index (χ3v) is 7.03. The van der Waals surface area contributed by atoms with Crippen LogP contribution in [0.25, 0.3) is 0 Å². The van der Waals surface area contributed by atoms with E-state index in [1.807, 2.05) is 0 Å². The van der Waals surface area contributed by atoms with Gasteiger partial charge in [-0.3, -0.25) is 9.78 Å². The Labute approximate surface area is 179 Å². The average molecular weight is 459 g/mol. The second-order valence-corrected chi connectivity index (χ2v) is 9.19. The van der Waals surface area contributed by atoms with Gasteiger partial charge in [0.25, 0.3) is 0 Å². The molecule has 156 valence electrons. The summed E-state index contributed by atoms with van der Waals surface area (Å²) in [5, 5.41) is 0.761. The zero-order chi connectivity index (χ0) is 20.9. The lowest BCUT2D eigenvalue weighted by Gasteiger charge is -2.30. The number of ether oxygens (including phenoxy) is 2. The fourth-order valence-corrected chi connectivity index (χ4v) is 4.95. The molecule has 0 bridgehead atoms. The van der Waals surface area contributed by atoms with E-state index >= 15 is 0 Å². The fourth-order valence-electron chi connectivity index (χ4n) is 3.00. The minimum Gasteiger partial charge on any atom is -0.487 e. The van der Waals surface area contributed by atoms with E-state index in [-0.39, 0.29) is 43.1 Å². The van der Waals surface area contributed by atoms with Crippen molar-refractivity contribution < 1.29 is 22.7 Å². The summed E-state index contributed by atoms with van der Waals surface area (Å²) in [5.41, 5.74) is 0. The number of para-hydroxylation sites is 1. The summed E-state index contributed by atoms with van der Waals surface area (Å²) in [5.74, 6) is -0.364. The zero-order valence-electron chi connectivity index (χ0n) is 15.5. The molecule has 2 aromatic rings. The highest BCUT2D eigenvalue weighted by Gasteiger charge is 2.32. The molecule has 2 heterocycles. The predicted molar refractivity (Wildman–Crippen MR) is 109 cm³/mol. The molecule has 7 nitrogen and oxygen atoms in total. The molecule has 0 saturated carbocycles. The van der Waals surface area contributed by atoms with E-state index < -0.39 is 10.0 Å². The lowest BCUT2D eigenvalue weighted by molar-refractivity contribution is -0.150. The molecule has 1 aromatic heterocycles. The van der Waals surface area contributed by atoms with Crippen molar-refractivity contribution in [1.29, 1.82) is 0 Å². The number of aromatic nitrogens is 1. The number of carbonyl (C=O) groups is 1. The molecule has 0 amide bonds. The first kappa shape index (κ1) is 21.8. The van der Waals surface area contributed by atoms with Crippen molar-refractivity contribution in [3.05, 3.63) is 52.8 Å². The molecule has 0 atom stereocenters. The SMILES string of the molecule is O=C(OCCOc1c(Cl)cccc1Cl)C1CCN(S(=O)(=O)c2cccnc2)CC1. The molecule has 1 aromatic carbocycles. The number of esters is 1. The maximum absolute atomic E-state index is 12.6. The topological polar surface area (TPSA) is 85.8 Å². The van der Waals surface area contributed by atoms with E-state index in [0.717, 1.165) is 0 Å². The number of nitrogens with zero attached hydrogens (tertiary/aromatic N) is 2. The number of benzene rings is 1. The highest BCUT2D eigenvalue weighted by atomic mass is 35.5. The molecule has 0 radical (unpaired) electrons. The summed E-state index contributed by atoms with van der Waals surface area (Å²) in [6.45, 7) is 0.670. The normalized spacial score (nSPS) is 15.8. The van der Waals surface area contributed by atoms with E-state index in [2.05, 4.69) is 4.98 Å². The molecule has 3 rings (SSSR count). The summed E-state index contributed by atoms with van der Waals surface area (Å²) in [6.07, 6.45) is 3.64. The number of hydrogen-bond acceptors (Lipinski definition) is 6. The van der Waals surface area contributed by atoms with Crippen LogP contribution in [0.2, 0.25) is 10.0 Å². The lowest BCUT2D eigenvalue weighted by Crippen LogP contribution is -2.40. The molecule has 1 aliphatic heterocycles. The Morgan fingerprint density at radius 1 is 1.10 bits per heavy atom. The van der Waals surface area contributed by atoms with E-state index in [1.54, 1.807) is 24.3 Å². The van der Waals surface area contributed by atoms with Crippen LogP contribution in [0.5, 0.6) is 5.75 Å². The van der Waals surface area contributed by atoms with Crippen molar-refractivity contribution in [2.75, 3.05) is 26.3 Å². The molecular weight excluding hydrogens is 439 g/mol. The minimum absolute atomic E-state index is 0.0502. The van der Waals surface area contributed by atoms with Crippen LogP contribution in [0.1, 0.15) is 12.8 Å². The highest BCUT2D eigenvalue weighted by molar-refractivity contribution is 7.89. The van der Waals surface area contributed by atoms with Crippen molar-refractivity contribution in [2.45, 2.75) is 17.7 Å². The number of rotatable bonds is 7. The standard InChI is InChI=1S/C19H20Cl2N2O5S/c20-16-4-1-5-17(21)18(16)27-11-12-28-19(24)14-6-9-23(10-7-14)29(25,26)15-3-2-8-22-13-15/h1-5,8,13-14H,6-7,9-12H2. The monoisotopic (exact) mass is 458 g/mol. The van der Waals surface area contributed by atoms with E-state index in [0.29, 0.717) is 28.6 Å². The summed E-state index contributed by atoms with van der Waals surface area (Å²) in [4.78, 5) is 16.3. The predicted octanol–water partition coefficient (Wildman–Crippen LogP) is 3.41. The molecule has 1 aliphatic rings. The van der Waals surface area contributed by atoms with Crippen LogP contribution in [-0.2, 0) is 19.6 Å². The summed E-state index contributed by atoms with van der Waals surface area (Å²) < 4.78 is 37.3. The van der Waals surface area contributed by atoms with Crippen LogP contribution in [-0.4, -0.2) is 50.0 Å². The first-order chi connectivity index (χ1) is 13.9. The van der Waals surface area contributed by atoms with Crippen LogP contribution in [0, 0.1) is 5.92 Å².